The second-order valence-electron chi connectivity index (χ2n) is 7.98. The molecule has 156 valence electrons. The summed E-state index contributed by atoms with van der Waals surface area (Å²) < 4.78 is 11.7. The summed E-state index contributed by atoms with van der Waals surface area (Å²) in [7, 11) is 4.04. The van der Waals surface area contributed by atoms with E-state index >= 15 is 0 Å². The highest BCUT2D eigenvalue weighted by Crippen LogP contribution is 2.23. The van der Waals surface area contributed by atoms with Gasteiger partial charge < -0.3 is 19.3 Å². The SMILES string of the molecule is Cc1cccc(C)c1OCC(=O)N(Cc1ccc(N(C)C)cc1)CC1CCCO1. The smallest absolute Gasteiger partial charge is 0.260 e. The highest BCUT2D eigenvalue weighted by molar-refractivity contribution is 5.78. The molecule has 1 fully saturated rings. The predicted molar refractivity (Wildman–Crippen MR) is 117 cm³/mol. The standard InChI is InChI=1S/C24H32N2O3/c1-18-7-5-8-19(2)24(18)29-17-23(27)26(16-22-9-6-14-28-22)15-20-10-12-21(13-11-20)25(3)4/h5,7-8,10-13,22H,6,9,14-17H2,1-4H3. The van der Waals surface area contributed by atoms with Gasteiger partial charge in [0.05, 0.1) is 6.10 Å². The number of carbonyl (C=O) groups excluding carboxylic acids is 1. The Hall–Kier alpha value is -2.53. The molecule has 1 amide bonds. The molecule has 2 aromatic rings. The summed E-state index contributed by atoms with van der Waals surface area (Å²) in [5, 5.41) is 0. The number of aryl methyl sites for hydroxylation is 2. The van der Waals surface area contributed by atoms with E-state index in [1.807, 2.05) is 51.0 Å². The van der Waals surface area contributed by atoms with Crippen LogP contribution in [0.2, 0.25) is 0 Å². The molecule has 5 heteroatoms. The van der Waals surface area contributed by atoms with Gasteiger partial charge in [0.15, 0.2) is 6.61 Å². The van der Waals surface area contributed by atoms with Crippen molar-refractivity contribution in [3.05, 3.63) is 59.2 Å². The normalized spacial score (nSPS) is 15.9. The molecule has 0 aliphatic carbocycles. The maximum absolute atomic E-state index is 13.0. The van der Waals surface area contributed by atoms with Crippen LogP contribution in [0.5, 0.6) is 5.75 Å². The van der Waals surface area contributed by atoms with Gasteiger partial charge in [-0.15, -0.1) is 0 Å². The number of ether oxygens (including phenoxy) is 2. The van der Waals surface area contributed by atoms with Crippen LogP contribution in [0.15, 0.2) is 42.5 Å². The molecule has 5 nitrogen and oxygen atoms in total. The second kappa shape index (κ2) is 9.79. The molecular weight excluding hydrogens is 364 g/mol. The van der Waals surface area contributed by atoms with Gasteiger partial charge in [-0.2, -0.15) is 0 Å². The number of anilines is 1. The number of para-hydroxylation sites is 1. The number of rotatable bonds is 8. The fourth-order valence-corrected chi connectivity index (χ4v) is 3.66. The molecule has 1 aliphatic heterocycles. The van der Waals surface area contributed by atoms with E-state index in [2.05, 4.69) is 29.2 Å². The van der Waals surface area contributed by atoms with Crippen molar-refractivity contribution in [3.63, 3.8) is 0 Å². The Morgan fingerprint density at radius 2 is 1.79 bits per heavy atom. The van der Waals surface area contributed by atoms with Gasteiger partial charge in [0.2, 0.25) is 0 Å². The minimum Gasteiger partial charge on any atom is -0.483 e. The van der Waals surface area contributed by atoms with Crippen LogP contribution in [0.3, 0.4) is 0 Å². The van der Waals surface area contributed by atoms with Crippen LogP contribution < -0.4 is 9.64 Å². The van der Waals surface area contributed by atoms with Crippen LogP contribution in [-0.4, -0.2) is 50.8 Å². The van der Waals surface area contributed by atoms with E-state index in [1.165, 1.54) is 0 Å². The maximum atomic E-state index is 13.0. The molecule has 0 N–H and O–H groups in total. The third-order valence-electron chi connectivity index (χ3n) is 5.38. The van der Waals surface area contributed by atoms with Gasteiger partial charge in [-0.1, -0.05) is 30.3 Å². The molecule has 1 saturated heterocycles. The summed E-state index contributed by atoms with van der Waals surface area (Å²) in [4.78, 5) is 17.0. The van der Waals surface area contributed by atoms with E-state index < -0.39 is 0 Å². The summed E-state index contributed by atoms with van der Waals surface area (Å²) in [6.07, 6.45) is 2.17. The van der Waals surface area contributed by atoms with Gasteiger partial charge in [0.25, 0.3) is 5.91 Å². The van der Waals surface area contributed by atoms with Crippen LogP contribution in [0, 0.1) is 13.8 Å². The fourth-order valence-electron chi connectivity index (χ4n) is 3.66. The second-order valence-corrected chi connectivity index (χ2v) is 7.98. The molecule has 0 saturated carbocycles. The fraction of sp³-hybridized carbons (Fsp3) is 0.458. The molecule has 0 spiro atoms. The van der Waals surface area contributed by atoms with Crippen LogP contribution in [0.1, 0.15) is 29.5 Å². The molecule has 0 radical (unpaired) electrons. The molecule has 29 heavy (non-hydrogen) atoms. The topological polar surface area (TPSA) is 42.0 Å². The van der Waals surface area contributed by atoms with Gasteiger partial charge >= 0.3 is 0 Å². The number of nitrogens with zero attached hydrogens (tertiary/aromatic N) is 2. The van der Waals surface area contributed by atoms with E-state index in [9.17, 15) is 4.79 Å². The quantitative estimate of drug-likeness (QED) is 0.677. The number of benzene rings is 2. The largest absolute Gasteiger partial charge is 0.483 e. The molecule has 1 unspecified atom stereocenters. The zero-order valence-electron chi connectivity index (χ0n) is 18.0. The van der Waals surface area contributed by atoms with Gasteiger partial charge in [-0.25, -0.2) is 0 Å². The van der Waals surface area contributed by atoms with Crippen molar-refractivity contribution in [1.29, 1.82) is 0 Å². The zero-order valence-corrected chi connectivity index (χ0v) is 18.0. The third-order valence-corrected chi connectivity index (χ3v) is 5.38. The van der Waals surface area contributed by atoms with Crippen LogP contribution in [0.25, 0.3) is 0 Å². The average Bonchev–Trinajstić information content (AvgIpc) is 3.20. The molecule has 1 aliphatic rings. The van der Waals surface area contributed by atoms with E-state index in [0.29, 0.717) is 13.1 Å². The number of hydrogen-bond donors (Lipinski definition) is 0. The first-order chi connectivity index (χ1) is 13.9. The molecular formula is C24H32N2O3. The molecule has 3 rings (SSSR count). The summed E-state index contributed by atoms with van der Waals surface area (Å²) in [6, 6.07) is 14.3. The van der Waals surface area contributed by atoms with Gasteiger partial charge in [0.1, 0.15) is 5.75 Å². The van der Waals surface area contributed by atoms with Crippen LogP contribution >= 0.6 is 0 Å². The van der Waals surface area contributed by atoms with Gasteiger partial charge in [0, 0.05) is 39.5 Å². The summed E-state index contributed by atoms with van der Waals surface area (Å²) in [5.74, 6) is 0.785. The maximum Gasteiger partial charge on any atom is 0.260 e. The lowest BCUT2D eigenvalue weighted by Crippen LogP contribution is -2.39. The Kier molecular flexibility index (Phi) is 7.15. The predicted octanol–water partition coefficient (Wildman–Crippen LogP) is 3.96. The Bertz CT molecular complexity index is 791. The van der Waals surface area contributed by atoms with Crippen LogP contribution in [0.4, 0.5) is 5.69 Å². The lowest BCUT2D eigenvalue weighted by molar-refractivity contribution is -0.135. The number of hydrogen-bond acceptors (Lipinski definition) is 4. The Labute approximate surface area is 174 Å². The molecule has 2 aromatic carbocycles. The lowest BCUT2D eigenvalue weighted by Gasteiger charge is -2.26. The molecule has 0 aromatic heterocycles. The zero-order chi connectivity index (χ0) is 20.8. The lowest BCUT2D eigenvalue weighted by atomic mass is 10.1. The highest BCUT2D eigenvalue weighted by atomic mass is 16.5. The van der Waals surface area contributed by atoms with E-state index in [1.54, 1.807) is 0 Å². The Balaban J connectivity index is 1.69. The first kappa shape index (κ1) is 21.2. The highest BCUT2D eigenvalue weighted by Gasteiger charge is 2.23. The van der Waals surface area contributed by atoms with Crippen molar-refractivity contribution in [2.45, 2.75) is 39.3 Å². The number of carbonyl (C=O) groups is 1. The van der Waals surface area contributed by atoms with E-state index in [4.69, 9.17) is 9.47 Å². The average molecular weight is 397 g/mol. The van der Waals surface area contributed by atoms with Gasteiger partial charge in [-0.3, -0.25) is 4.79 Å². The van der Waals surface area contributed by atoms with Crippen molar-refractivity contribution in [2.24, 2.45) is 0 Å². The molecule has 1 heterocycles. The van der Waals surface area contributed by atoms with Crippen molar-refractivity contribution >= 4 is 11.6 Å². The van der Waals surface area contributed by atoms with E-state index in [-0.39, 0.29) is 18.6 Å². The summed E-state index contributed by atoms with van der Waals surface area (Å²) in [5.41, 5.74) is 4.34. The van der Waals surface area contributed by atoms with Crippen molar-refractivity contribution < 1.29 is 14.3 Å². The van der Waals surface area contributed by atoms with Crippen LogP contribution in [-0.2, 0) is 16.1 Å². The van der Waals surface area contributed by atoms with Crippen molar-refractivity contribution in [1.82, 2.24) is 4.90 Å². The minimum absolute atomic E-state index is 0.0140. The number of amides is 1. The Morgan fingerprint density at radius 1 is 1.10 bits per heavy atom. The molecule has 1 atom stereocenters. The first-order valence-electron chi connectivity index (χ1n) is 10.3. The summed E-state index contributed by atoms with van der Waals surface area (Å²) in [6.45, 7) is 5.98. The monoisotopic (exact) mass is 396 g/mol. The van der Waals surface area contributed by atoms with E-state index in [0.717, 1.165) is 47.6 Å². The third kappa shape index (κ3) is 5.73. The van der Waals surface area contributed by atoms with Gasteiger partial charge in [-0.05, 0) is 55.5 Å². The first-order valence-corrected chi connectivity index (χ1v) is 10.3. The van der Waals surface area contributed by atoms with Crippen molar-refractivity contribution in [2.75, 3.05) is 38.8 Å². The Morgan fingerprint density at radius 3 is 2.38 bits per heavy atom. The summed E-state index contributed by atoms with van der Waals surface area (Å²) >= 11 is 0. The minimum atomic E-state index is -0.0140. The molecule has 0 bridgehead atoms. The van der Waals surface area contributed by atoms with Crippen molar-refractivity contribution in [3.8, 4) is 5.75 Å².